The highest BCUT2D eigenvalue weighted by Gasteiger charge is 2.27. The molecule has 0 unspecified atom stereocenters. The summed E-state index contributed by atoms with van der Waals surface area (Å²) in [5, 5.41) is 1.20. The van der Waals surface area contributed by atoms with Gasteiger partial charge in [0, 0.05) is 74.4 Å². The van der Waals surface area contributed by atoms with E-state index in [9.17, 15) is 4.79 Å². The number of hydrogen-bond acceptors (Lipinski definition) is 6. The summed E-state index contributed by atoms with van der Waals surface area (Å²) in [5.41, 5.74) is 4.04. The number of halogens is 1. The maximum Gasteiger partial charge on any atom is 0.193 e. The number of rotatable bonds is 6. The second-order valence-corrected chi connectivity index (χ2v) is 9.65. The van der Waals surface area contributed by atoms with Crippen molar-refractivity contribution in [3.63, 3.8) is 0 Å². The average molecular weight is 489 g/mol. The van der Waals surface area contributed by atoms with Crippen molar-refractivity contribution in [1.29, 1.82) is 0 Å². The Hall–Kier alpha value is -3.29. The minimum Gasteiger partial charge on any atom is -0.355 e. The molecule has 1 aliphatic heterocycles. The lowest BCUT2D eigenvalue weighted by molar-refractivity contribution is 0.158. The van der Waals surface area contributed by atoms with Gasteiger partial charge >= 0.3 is 0 Å². The van der Waals surface area contributed by atoms with Gasteiger partial charge in [-0.25, -0.2) is 9.97 Å². The first-order chi connectivity index (χ1) is 17.0. The molecule has 1 saturated heterocycles. The van der Waals surface area contributed by atoms with Crippen LogP contribution in [0.15, 0.2) is 66.0 Å². The lowest BCUT2D eigenvalue weighted by Gasteiger charge is -2.40. The van der Waals surface area contributed by atoms with Crippen molar-refractivity contribution < 1.29 is 0 Å². The van der Waals surface area contributed by atoms with Crippen molar-refractivity contribution >= 4 is 28.3 Å². The highest BCUT2D eigenvalue weighted by Crippen LogP contribution is 2.25. The van der Waals surface area contributed by atoms with Crippen LogP contribution in [0.2, 0.25) is 5.15 Å². The lowest BCUT2D eigenvalue weighted by Crippen LogP contribution is -2.48. The minimum absolute atomic E-state index is 0.102. The van der Waals surface area contributed by atoms with Crippen LogP contribution < -0.4 is 10.3 Å². The minimum atomic E-state index is 0.102. The summed E-state index contributed by atoms with van der Waals surface area (Å²) >= 11 is 6.14. The molecule has 0 N–H and O–H groups in total. The van der Waals surface area contributed by atoms with E-state index in [0.717, 1.165) is 60.5 Å². The van der Waals surface area contributed by atoms with Gasteiger partial charge < -0.3 is 9.47 Å². The molecule has 7 nitrogen and oxygen atoms in total. The van der Waals surface area contributed by atoms with E-state index in [0.29, 0.717) is 11.7 Å². The quantitative estimate of drug-likeness (QED) is 0.376. The standard InChI is InChI=1S/C27H29ClN6O/c1-19-12-20(9-10-29-19)14-34(16-21-15-32(2)24-8-4-3-7-23(24)27(21)35)22-6-5-11-33(17-22)26-13-25(28)30-18-31-26/h3-4,7-10,12-13,15,18,22H,5-6,11,14,16-17H2,1-2H3/t22-/m0/s1. The predicted octanol–water partition coefficient (Wildman–Crippen LogP) is 4.36. The Balaban J connectivity index is 1.48. The molecule has 35 heavy (non-hydrogen) atoms. The van der Waals surface area contributed by atoms with E-state index in [-0.39, 0.29) is 11.5 Å². The number of para-hydroxylation sites is 1. The molecule has 1 atom stereocenters. The van der Waals surface area contributed by atoms with Gasteiger partial charge in [-0.1, -0.05) is 23.7 Å². The molecule has 0 bridgehead atoms. The Labute approximate surface area is 210 Å². The molecule has 0 spiro atoms. The summed E-state index contributed by atoms with van der Waals surface area (Å²) in [6, 6.07) is 14.1. The topological polar surface area (TPSA) is 67.2 Å². The molecule has 1 aliphatic rings. The Morgan fingerprint density at radius 2 is 1.97 bits per heavy atom. The van der Waals surface area contributed by atoms with Gasteiger partial charge in [-0.05, 0) is 49.6 Å². The van der Waals surface area contributed by atoms with Crippen LogP contribution in [0.5, 0.6) is 0 Å². The highest BCUT2D eigenvalue weighted by atomic mass is 35.5. The third-order valence-corrected chi connectivity index (χ3v) is 6.95. The maximum atomic E-state index is 13.4. The molecule has 0 saturated carbocycles. The summed E-state index contributed by atoms with van der Waals surface area (Å²) in [6.07, 6.45) is 7.44. The van der Waals surface area contributed by atoms with E-state index >= 15 is 0 Å². The fourth-order valence-corrected chi connectivity index (χ4v) is 5.19. The molecule has 1 fully saturated rings. The largest absolute Gasteiger partial charge is 0.355 e. The molecule has 4 heterocycles. The predicted molar refractivity (Wildman–Crippen MR) is 140 cm³/mol. The monoisotopic (exact) mass is 488 g/mol. The second-order valence-electron chi connectivity index (χ2n) is 9.26. The number of aryl methyl sites for hydroxylation is 2. The third-order valence-electron chi connectivity index (χ3n) is 6.75. The van der Waals surface area contributed by atoms with Crippen molar-refractivity contribution in [3.8, 4) is 0 Å². The first-order valence-electron chi connectivity index (χ1n) is 11.9. The van der Waals surface area contributed by atoms with Gasteiger partial charge in [0.15, 0.2) is 5.43 Å². The van der Waals surface area contributed by atoms with Gasteiger partial charge in [0.1, 0.15) is 17.3 Å². The van der Waals surface area contributed by atoms with Crippen molar-refractivity contribution in [3.05, 3.63) is 93.4 Å². The van der Waals surface area contributed by atoms with Crippen LogP contribution in [0.1, 0.15) is 29.7 Å². The lowest BCUT2D eigenvalue weighted by atomic mass is 10.0. The smallest absolute Gasteiger partial charge is 0.193 e. The zero-order valence-electron chi connectivity index (χ0n) is 20.1. The van der Waals surface area contributed by atoms with Crippen LogP contribution in [0.25, 0.3) is 10.9 Å². The van der Waals surface area contributed by atoms with Crippen molar-refractivity contribution in [2.75, 3.05) is 18.0 Å². The normalized spacial score (nSPS) is 16.2. The van der Waals surface area contributed by atoms with Gasteiger partial charge in [0.2, 0.25) is 0 Å². The summed E-state index contributed by atoms with van der Waals surface area (Å²) < 4.78 is 2.05. The van der Waals surface area contributed by atoms with E-state index in [1.54, 1.807) is 0 Å². The molecule has 3 aromatic heterocycles. The van der Waals surface area contributed by atoms with Gasteiger partial charge in [0.25, 0.3) is 0 Å². The number of piperidine rings is 1. The SMILES string of the molecule is Cc1cc(CN(Cc2cn(C)c3ccccc3c2=O)[C@H]2CCCN(c3cc(Cl)ncn3)C2)ccn1. The Kier molecular flexibility index (Phi) is 6.79. The first-order valence-corrected chi connectivity index (χ1v) is 12.3. The molecule has 180 valence electrons. The van der Waals surface area contributed by atoms with Crippen molar-refractivity contribution in [2.45, 2.75) is 38.9 Å². The number of hydrogen-bond donors (Lipinski definition) is 0. The number of fused-ring (bicyclic) bond motifs is 1. The van der Waals surface area contributed by atoms with E-state index in [4.69, 9.17) is 11.6 Å². The van der Waals surface area contributed by atoms with Crippen molar-refractivity contribution in [1.82, 2.24) is 24.4 Å². The van der Waals surface area contributed by atoms with Crippen LogP contribution in [0.3, 0.4) is 0 Å². The summed E-state index contributed by atoms with van der Waals surface area (Å²) in [6.45, 7) is 5.05. The number of pyridine rings is 2. The summed E-state index contributed by atoms with van der Waals surface area (Å²) in [4.78, 5) is 31.0. The van der Waals surface area contributed by atoms with Crippen LogP contribution in [-0.2, 0) is 20.1 Å². The number of aromatic nitrogens is 4. The molecule has 0 radical (unpaired) electrons. The van der Waals surface area contributed by atoms with Crippen LogP contribution in [0, 0.1) is 6.92 Å². The molecule has 0 aliphatic carbocycles. The molecule has 0 amide bonds. The number of nitrogens with zero attached hydrogens (tertiary/aromatic N) is 6. The Bertz CT molecular complexity index is 1400. The molecular formula is C27H29ClN6O. The summed E-state index contributed by atoms with van der Waals surface area (Å²) in [5.74, 6) is 0.844. The van der Waals surface area contributed by atoms with E-state index in [1.165, 1.54) is 11.9 Å². The number of anilines is 1. The Morgan fingerprint density at radius 3 is 2.80 bits per heavy atom. The van der Waals surface area contributed by atoms with Gasteiger partial charge in [-0.15, -0.1) is 0 Å². The average Bonchev–Trinajstić information content (AvgIpc) is 2.87. The molecule has 8 heteroatoms. The second kappa shape index (κ2) is 10.1. The van der Waals surface area contributed by atoms with Crippen LogP contribution in [-0.4, -0.2) is 43.6 Å². The van der Waals surface area contributed by atoms with E-state index in [2.05, 4.69) is 41.5 Å². The molecule has 1 aromatic carbocycles. The zero-order valence-corrected chi connectivity index (χ0v) is 20.8. The van der Waals surface area contributed by atoms with Crippen molar-refractivity contribution in [2.24, 2.45) is 7.05 Å². The molecule has 4 aromatic rings. The van der Waals surface area contributed by atoms with Gasteiger partial charge in [-0.3, -0.25) is 14.7 Å². The maximum absolute atomic E-state index is 13.4. The Morgan fingerprint density at radius 1 is 1.11 bits per heavy atom. The number of benzene rings is 1. The third kappa shape index (κ3) is 5.21. The van der Waals surface area contributed by atoms with Crippen LogP contribution in [0.4, 0.5) is 5.82 Å². The van der Waals surface area contributed by atoms with Gasteiger partial charge in [-0.2, -0.15) is 0 Å². The molecular weight excluding hydrogens is 460 g/mol. The van der Waals surface area contributed by atoms with E-state index in [1.807, 2.05) is 56.7 Å². The highest BCUT2D eigenvalue weighted by molar-refractivity contribution is 6.29. The fraction of sp³-hybridized carbons (Fsp3) is 0.333. The molecule has 5 rings (SSSR count). The van der Waals surface area contributed by atoms with E-state index < -0.39 is 0 Å². The zero-order chi connectivity index (χ0) is 24.4. The fourth-order valence-electron chi connectivity index (χ4n) is 5.05. The van der Waals surface area contributed by atoms with Crippen LogP contribution >= 0.6 is 11.6 Å². The van der Waals surface area contributed by atoms with Gasteiger partial charge in [0.05, 0.1) is 5.52 Å². The summed E-state index contributed by atoms with van der Waals surface area (Å²) in [7, 11) is 2.00. The first kappa shape index (κ1) is 23.5.